The molecule has 1 aliphatic carbocycles. The summed E-state index contributed by atoms with van der Waals surface area (Å²) in [5, 5.41) is 0. The summed E-state index contributed by atoms with van der Waals surface area (Å²) < 4.78 is 5.98. The Labute approximate surface area is 218 Å². The van der Waals surface area contributed by atoms with E-state index in [9.17, 15) is 0 Å². The first-order valence-electron chi connectivity index (χ1n) is 11.4. The smallest absolute Gasteiger partial charge is 0.104 e. The van der Waals surface area contributed by atoms with Crippen molar-refractivity contribution in [1.29, 1.82) is 0 Å². The highest BCUT2D eigenvalue weighted by Crippen LogP contribution is 2.50. The largest absolute Gasteiger partial charge is 0.466 e. The van der Waals surface area contributed by atoms with Gasteiger partial charge in [-0.05, 0) is 57.7 Å². The van der Waals surface area contributed by atoms with E-state index >= 15 is 0 Å². The molecule has 1 aromatic carbocycles. The van der Waals surface area contributed by atoms with Crippen LogP contribution in [0.3, 0.4) is 0 Å². The molecule has 33 heavy (non-hydrogen) atoms. The van der Waals surface area contributed by atoms with Crippen LogP contribution in [0.4, 0.5) is 0 Å². The van der Waals surface area contributed by atoms with Crippen LogP contribution in [-0.4, -0.2) is 49.1 Å². The maximum Gasteiger partial charge on any atom is 0.104 e. The van der Waals surface area contributed by atoms with Gasteiger partial charge in [0.1, 0.15) is 11.5 Å². The first-order valence-corrected chi connectivity index (χ1v) is 11.4. The van der Waals surface area contributed by atoms with Gasteiger partial charge in [-0.25, -0.2) is 0 Å². The molecule has 1 fully saturated rings. The standard InChI is InChI=1S/C26H37N3O.3ClH/c1-19-20(2)30-21(3)23-17-26(4,25(27)24(19)23)18-29-15-13-28(14-16-29)12-8-11-22-9-6-5-7-10-22;;;/h5-7,9-10H,8,11-18,27H2,1-4H3;3*1H. The third kappa shape index (κ3) is 6.49. The van der Waals surface area contributed by atoms with Crippen molar-refractivity contribution in [2.45, 2.75) is 47.0 Å². The van der Waals surface area contributed by atoms with Gasteiger partial charge in [0.25, 0.3) is 0 Å². The Morgan fingerprint density at radius 2 is 1.52 bits per heavy atom. The van der Waals surface area contributed by atoms with Crippen molar-refractivity contribution in [3.05, 3.63) is 69.8 Å². The molecule has 7 heteroatoms. The molecule has 4 rings (SSSR count). The normalized spacial score (nSPS) is 23.4. The average molecular weight is 517 g/mol. The number of hydrogen-bond acceptors (Lipinski definition) is 4. The summed E-state index contributed by atoms with van der Waals surface area (Å²) in [6.45, 7) is 15.4. The molecule has 0 saturated carbocycles. The number of ether oxygens (including phenoxy) is 1. The number of allylic oxidation sites excluding steroid dienone is 5. The molecule has 0 aromatic heterocycles. The van der Waals surface area contributed by atoms with Crippen LogP contribution in [-0.2, 0) is 11.2 Å². The van der Waals surface area contributed by atoms with Gasteiger partial charge in [-0.2, -0.15) is 0 Å². The van der Waals surface area contributed by atoms with Crippen molar-refractivity contribution in [3.63, 3.8) is 0 Å². The third-order valence-electron chi connectivity index (χ3n) is 7.24. The van der Waals surface area contributed by atoms with E-state index < -0.39 is 0 Å². The van der Waals surface area contributed by atoms with E-state index in [4.69, 9.17) is 10.5 Å². The van der Waals surface area contributed by atoms with Gasteiger partial charge in [-0.3, -0.25) is 4.90 Å². The lowest BCUT2D eigenvalue weighted by atomic mass is 9.85. The van der Waals surface area contributed by atoms with Crippen LogP contribution < -0.4 is 5.73 Å². The molecule has 2 aliphatic heterocycles. The average Bonchev–Trinajstić information content (AvgIpc) is 3.00. The van der Waals surface area contributed by atoms with Gasteiger partial charge < -0.3 is 15.4 Å². The summed E-state index contributed by atoms with van der Waals surface area (Å²) in [4.78, 5) is 5.23. The molecule has 2 heterocycles. The Kier molecular flexibility index (Phi) is 11.3. The highest BCUT2D eigenvalue weighted by atomic mass is 35.5. The molecule has 0 radical (unpaired) electrons. The Morgan fingerprint density at radius 3 is 2.15 bits per heavy atom. The number of nitrogens with two attached hydrogens (primary N) is 1. The quantitative estimate of drug-likeness (QED) is 0.525. The molecule has 1 saturated heterocycles. The van der Waals surface area contributed by atoms with Gasteiger partial charge in [-0.15, -0.1) is 37.2 Å². The number of hydrogen-bond donors (Lipinski definition) is 1. The van der Waals surface area contributed by atoms with E-state index in [1.807, 2.05) is 6.92 Å². The Balaban J connectivity index is 0.00000181. The fourth-order valence-electron chi connectivity index (χ4n) is 5.27. The van der Waals surface area contributed by atoms with E-state index in [0.29, 0.717) is 0 Å². The highest BCUT2D eigenvalue weighted by Gasteiger charge is 2.43. The first-order chi connectivity index (χ1) is 14.4. The lowest BCUT2D eigenvalue weighted by Crippen LogP contribution is -2.50. The van der Waals surface area contributed by atoms with Crippen LogP contribution in [0.2, 0.25) is 0 Å². The van der Waals surface area contributed by atoms with E-state index in [0.717, 1.165) is 56.4 Å². The second kappa shape index (κ2) is 12.5. The topological polar surface area (TPSA) is 41.7 Å². The summed E-state index contributed by atoms with van der Waals surface area (Å²) in [6.07, 6.45) is 3.40. The zero-order valence-corrected chi connectivity index (χ0v) is 22.8. The number of halogens is 3. The van der Waals surface area contributed by atoms with Gasteiger partial charge in [-0.1, -0.05) is 37.3 Å². The minimum atomic E-state index is -0.00333. The molecular formula is C26H40Cl3N3O. The molecule has 3 aliphatic rings. The van der Waals surface area contributed by atoms with Crippen LogP contribution in [0.1, 0.15) is 46.1 Å². The van der Waals surface area contributed by atoms with Gasteiger partial charge in [0.2, 0.25) is 0 Å². The van der Waals surface area contributed by atoms with Crippen molar-refractivity contribution in [2.75, 3.05) is 39.3 Å². The molecule has 0 spiro atoms. The van der Waals surface area contributed by atoms with Crippen LogP contribution in [0.5, 0.6) is 0 Å². The van der Waals surface area contributed by atoms with Crippen LogP contribution >= 0.6 is 37.2 Å². The maximum absolute atomic E-state index is 6.77. The molecular weight excluding hydrogens is 477 g/mol. The predicted molar refractivity (Wildman–Crippen MR) is 145 cm³/mol. The van der Waals surface area contributed by atoms with E-state index in [2.05, 4.69) is 60.9 Å². The lowest BCUT2D eigenvalue weighted by molar-refractivity contribution is 0.102. The number of fused-ring (bicyclic) bond motifs is 1. The molecule has 2 N–H and O–H groups in total. The summed E-state index contributed by atoms with van der Waals surface area (Å²) in [6, 6.07) is 10.8. The summed E-state index contributed by atoms with van der Waals surface area (Å²) >= 11 is 0. The van der Waals surface area contributed by atoms with Crippen LogP contribution in [0.15, 0.2) is 64.3 Å². The number of rotatable bonds is 6. The summed E-state index contributed by atoms with van der Waals surface area (Å²) in [5.74, 6) is 2.02. The Morgan fingerprint density at radius 1 is 0.909 bits per heavy atom. The fraction of sp³-hybridized carbons (Fsp3) is 0.538. The van der Waals surface area contributed by atoms with Crippen molar-refractivity contribution in [3.8, 4) is 0 Å². The van der Waals surface area contributed by atoms with Gasteiger partial charge in [0, 0.05) is 55.0 Å². The van der Waals surface area contributed by atoms with E-state index in [1.165, 1.54) is 41.7 Å². The maximum atomic E-state index is 6.77. The minimum Gasteiger partial charge on any atom is -0.466 e. The van der Waals surface area contributed by atoms with E-state index in [1.54, 1.807) is 0 Å². The molecule has 1 atom stereocenters. The Bertz CT molecular complexity index is 889. The number of nitrogens with zero attached hydrogens (tertiary/aromatic N) is 2. The second-order valence-corrected chi connectivity index (χ2v) is 9.55. The number of benzene rings is 1. The molecule has 1 unspecified atom stereocenters. The number of aryl methyl sites for hydroxylation is 1. The van der Waals surface area contributed by atoms with Crippen LogP contribution in [0.25, 0.3) is 0 Å². The first kappa shape index (κ1) is 29.9. The molecule has 1 aromatic rings. The van der Waals surface area contributed by atoms with Crippen LogP contribution in [0, 0.1) is 5.41 Å². The minimum absolute atomic E-state index is 0. The van der Waals surface area contributed by atoms with Crippen molar-refractivity contribution < 1.29 is 4.74 Å². The van der Waals surface area contributed by atoms with Gasteiger partial charge >= 0.3 is 0 Å². The van der Waals surface area contributed by atoms with E-state index in [-0.39, 0.29) is 42.6 Å². The molecule has 186 valence electrons. The third-order valence-corrected chi connectivity index (χ3v) is 7.24. The summed E-state index contributed by atoms with van der Waals surface area (Å²) in [5.41, 5.74) is 13.1. The highest BCUT2D eigenvalue weighted by molar-refractivity contribution is 5.86. The molecule has 4 nitrogen and oxygen atoms in total. The molecule has 0 amide bonds. The van der Waals surface area contributed by atoms with Crippen molar-refractivity contribution in [2.24, 2.45) is 11.1 Å². The molecule has 0 bridgehead atoms. The predicted octanol–water partition coefficient (Wildman–Crippen LogP) is 5.72. The monoisotopic (exact) mass is 515 g/mol. The fourth-order valence-corrected chi connectivity index (χ4v) is 5.27. The zero-order chi connectivity index (χ0) is 21.3. The van der Waals surface area contributed by atoms with Crippen molar-refractivity contribution >= 4 is 37.2 Å². The SMILES string of the molecule is CC1=C(C)C2=C(N)C(C)(CN3CCN(CCCc4ccccc4)CC3)CC2=C(C)O1.Cl.Cl.Cl. The Hall–Kier alpha value is -1.17. The summed E-state index contributed by atoms with van der Waals surface area (Å²) in [7, 11) is 0. The van der Waals surface area contributed by atoms with Gasteiger partial charge in [0.15, 0.2) is 0 Å². The zero-order valence-electron chi connectivity index (χ0n) is 20.4. The van der Waals surface area contributed by atoms with Gasteiger partial charge in [0.05, 0.1) is 0 Å². The van der Waals surface area contributed by atoms with Crippen molar-refractivity contribution in [1.82, 2.24) is 9.80 Å². The number of piperazine rings is 1. The lowest BCUT2D eigenvalue weighted by Gasteiger charge is -2.39. The second-order valence-electron chi connectivity index (χ2n) is 9.55.